The zero-order valence-corrected chi connectivity index (χ0v) is 10.8. The van der Waals surface area contributed by atoms with Gasteiger partial charge >= 0.3 is 6.18 Å². The lowest BCUT2D eigenvalue weighted by Crippen LogP contribution is -2.40. The Hall–Kier alpha value is -0.970. The van der Waals surface area contributed by atoms with Crippen molar-refractivity contribution in [2.45, 2.75) is 26.4 Å². The largest absolute Gasteiger partial charge is 0.401 e. The first-order valence-corrected chi connectivity index (χ1v) is 6.25. The molecule has 5 heteroatoms. The molecule has 2 nitrogen and oxygen atoms in total. The van der Waals surface area contributed by atoms with Crippen LogP contribution in [0.5, 0.6) is 0 Å². The second kappa shape index (κ2) is 4.61. The normalized spacial score (nSPS) is 25.7. The summed E-state index contributed by atoms with van der Waals surface area (Å²) in [5.74, 6) is 0.722. The second-order valence-corrected chi connectivity index (χ2v) is 5.45. The van der Waals surface area contributed by atoms with E-state index in [2.05, 4.69) is 25.7 Å². The Bertz CT molecular complexity index is 382. The van der Waals surface area contributed by atoms with Gasteiger partial charge in [0.2, 0.25) is 0 Å². The van der Waals surface area contributed by atoms with E-state index in [4.69, 9.17) is 0 Å². The maximum Gasteiger partial charge on any atom is 0.401 e. The molecule has 1 N–H and O–H groups in total. The maximum absolute atomic E-state index is 12.4. The van der Waals surface area contributed by atoms with Crippen LogP contribution in [0.2, 0.25) is 0 Å². The predicted molar refractivity (Wildman–Crippen MR) is 64.7 cm³/mol. The van der Waals surface area contributed by atoms with Crippen molar-refractivity contribution in [3.63, 3.8) is 0 Å². The van der Waals surface area contributed by atoms with Crippen LogP contribution in [0.3, 0.4) is 0 Å². The molecule has 0 aliphatic carbocycles. The summed E-state index contributed by atoms with van der Waals surface area (Å²) < 4.78 is 37.1. The summed E-state index contributed by atoms with van der Waals surface area (Å²) >= 11 is 0. The number of rotatable bonds is 2. The van der Waals surface area contributed by atoms with Gasteiger partial charge in [-0.1, -0.05) is 20.4 Å². The molecule has 18 heavy (non-hydrogen) atoms. The molecule has 2 aliphatic heterocycles. The highest BCUT2D eigenvalue weighted by Gasteiger charge is 2.37. The highest BCUT2D eigenvalue weighted by molar-refractivity contribution is 5.36. The minimum Gasteiger partial charge on any atom is -0.361 e. The zero-order valence-electron chi connectivity index (χ0n) is 10.8. The molecule has 2 heterocycles. The van der Waals surface area contributed by atoms with E-state index in [0.29, 0.717) is 25.4 Å². The minimum absolute atomic E-state index is 0.285. The van der Waals surface area contributed by atoms with Crippen molar-refractivity contribution in [3.8, 4) is 0 Å². The van der Waals surface area contributed by atoms with Crippen LogP contribution >= 0.6 is 0 Å². The van der Waals surface area contributed by atoms with E-state index in [-0.39, 0.29) is 5.92 Å². The van der Waals surface area contributed by atoms with Crippen LogP contribution in [0.1, 0.15) is 20.3 Å². The van der Waals surface area contributed by atoms with Gasteiger partial charge in [-0.15, -0.1) is 0 Å². The van der Waals surface area contributed by atoms with Gasteiger partial charge in [0.25, 0.3) is 0 Å². The van der Waals surface area contributed by atoms with Gasteiger partial charge in [-0.3, -0.25) is 4.90 Å². The Labute approximate surface area is 106 Å². The van der Waals surface area contributed by atoms with E-state index in [1.54, 1.807) is 0 Å². The topological polar surface area (TPSA) is 15.3 Å². The lowest BCUT2D eigenvalue weighted by Gasteiger charge is -2.30. The van der Waals surface area contributed by atoms with Crippen molar-refractivity contribution in [3.05, 3.63) is 23.5 Å². The minimum atomic E-state index is -4.12. The second-order valence-electron chi connectivity index (χ2n) is 5.45. The standard InChI is InChI=1S/C13H19F3N2/c1-8(2)12-9(3)17-11-6-18(5-4-10(11)12)7-13(14,15)16/h8,12,17H,3-7H2,1-2H3. The van der Waals surface area contributed by atoms with Gasteiger partial charge in [-0.05, 0) is 17.9 Å². The highest BCUT2D eigenvalue weighted by Crippen LogP contribution is 2.38. The third-order valence-corrected chi connectivity index (χ3v) is 3.60. The monoisotopic (exact) mass is 260 g/mol. The Morgan fingerprint density at radius 3 is 2.67 bits per heavy atom. The smallest absolute Gasteiger partial charge is 0.361 e. The first-order chi connectivity index (χ1) is 8.28. The van der Waals surface area contributed by atoms with Crippen LogP contribution < -0.4 is 5.32 Å². The molecule has 0 saturated carbocycles. The van der Waals surface area contributed by atoms with Gasteiger partial charge in [0, 0.05) is 30.4 Å². The number of hydrogen-bond donors (Lipinski definition) is 1. The van der Waals surface area contributed by atoms with E-state index < -0.39 is 12.7 Å². The van der Waals surface area contributed by atoms with E-state index in [1.165, 1.54) is 10.5 Å². The fraction of sp³-hybridized carbons (Fsp3) is 0.692. The van der Waals surface area contributed by atoms with Crippen molar-refractivity contribution in [1.29, 1.82) is 0 Å². The number of hydrogen-bond acceptors (Lipinski definition) is 2. The van der Waals surface area contributed by atoms with E-state index in [9.17, 15) is 13.2 Å². The van der Waals surface area contributed by atoms with Gasteiger partial charge in [-0.2, -0.15) is 13.2 Å². The molecule has 0 bridgehead atoms. The number of nitrogens with zero attached hydrogens (tertiary/aromatic N) is 1. The summed E-state index contributed by atoms with van der Waals surface area (Å²) in [4.78, 5) is 1.45. The molecule has 102 valence electrons. The summed E-state index contributed by atoms with van der Waals surface area (Å²) in [6, 6.07) is 0. The lowest BCUT2D eigenvalue weighted by atomic mass is 9.85. The van der Waals surface area contributed by atoms with Crippen LogP contribution in [0.4, 0.5) is 13.2 Å². The third kappa shape index (κ3) is 2.71. The lowest BCUT2D eigenvalue weighted by molar-refractivity contribution is -0.145. The molecule has 0 spiro atoms. The van der Waals surface area contributed by atoms with Gasteiger partial charge in [-0.25, -0.2) is 0 Å². The van der Waals surface area contributed by atoms with Gasteiger partial charge < -0.3 is 5.32 Å². The molecule has 0 saturated heterocycles. The average molecular weight is 260 g/mol. The maximum atomic E-state index is 12.4. The highest BCUT2D eigenvalue weighted by atomic mass is 19.4. The SMILES string of the molecule is C=C1NC2=C(CCN(CC(F)(F)F)C2)C1C(C)C. The van der Waals surface area contributed by atoms with Crippen LogP contribution in [-0.2, 0) is 0 Å². The van der Waals surface area contributed by atoms with Crippen LogP contribution in [0.25, 0.3) is 0 Å². The van der Waals surface area contributed by atoms with Crippen LogP contribution in [-0.4, -0.2) is 30.7 Å². The number of nitrogens with one attached hydrogen (secondary N) is 1. The number of alkyl halides is 3. The fourth-order valence-electron chi connectivity index (χ4n) is 2.97. The molecular formula is C13H19F3N2. The first kappa shape index (κ1) is 13.5. The van der Waals surface area contributed by atoms with E-state index in [0.717, 1.165) is 11.4 Å². The third-order valence-electron chi connectivity index (χ3n) is 3.60. The van der Waals surface area contributed by atoms with Crippen molar-refractivity contribution >= 4 is 0 Å². The molecule has 2 rings (SSSR count). The Balaban J connectivity index is 2.08. The van der Waals surface area contributed by atoms with Crippen LogP contribution in [0, 0.1) is 11.8 Å². The summed E-state index contributed by atoms with van der Waals surface area (Å²) in [5, 5.41) is 3.18. The number of halogens is 3. The van der Waals surface area contributed by atoms with Crippen molar-refractivity contribution < 1.29 is 13.2 Å². The molecular weight excluding hydrogens is 241 g/mol. The average Bonchev–Trinajstić information content (AvgIpc) is 2.50. The van der Waals surface area contributed by atoms with Gasteiger partial charge in [0.05, 0.1) is 6.54 Å². The molecule has 2 aliphatic rings. The molecule has 0 aromatic heterocycles. The Kier molecular flexibility index (Phi) is 3.45. The Morgan fingerprint density at radius 1 is 1.44 bits per heavy atom. The summed E-state index contributed by atoms with van der Waals surface area (Å²) in [7, 11) is 0. The Morgan fingerprint density at radius 2 is 2.11 bits per heavy atom. The summed E-state index contributed by atoms with van der Waals surface area (Å²) in [6.45, 7) is 8.24. The molecule has 0 radical (unpaired) electrons. The number of allylic oxidation sites excluding steroid dienone is 1. The molecule has 0 aromatic carbocycles. The van der Waals surface area contributed by atoms with Crippen molar-refractivity contribution in [2.75, 3.05) is 19.6 Å². The predicted octanol–water partition coefficient (Wildman–Crippen LogP) is 2.90. The molecule has 0 amide bonds. The van der Waals surface area contributed by atoms with Gasteiger partial charge in [0.15, 0.2) is 0 Å². The quantitative estimate of drug-likeness (QED) is 0.821. The molecule has 0 aromatic rings. The summed E-state index contributed by atoms with van der Waals surface area (Å²) in [5.41, 5.74) is 3.13. The van der Waals surface area contributed by atoms with Crippen molar-refractivity contribution in [1.82, 2.24) is 10.2 Å². The fourth-order valence-corrected chi connectivity index (χ4v) is 2.97. The van der Waals surface area contributed by atoms with Gasteiger partial charge in [0.1, 0.15) is 0 Å². The zero-order chi connectivity index (χ0) is 13.5. The summed E-state index contributed by atoms with van der Waals surface area (Å²) in [6.07, 6.45) is -3.41. The van der Waals surface area contributed by atoms with Crippen LogP contribution in [0.15, 0.2) is 23.5 Å². The first-order valence-electron chi connectivity index (χ1n) is 6.25. The van der Waals surface area contributed by atoms with E-state index >= 15 is 0 Å². The molecule has 1 atom stereocenters. The van der Waals surface area contributed by atoms with E-state index in [1.807, 2.05) is 0 Å². The molecule has 1 unspecified atom stereocenters. The van der Waals surface area contributed by atoms with Crippen molar-refractivity contribution in [2.24, 2.45) is 11.8 Å². The molecule has 0 fully saturated rings.